The average Bonchev–Trinajstić information content (AvgIpc) is 2.68. The number of aromatic nitrogens is 2. The van der Waals surface area contributed by atoms with Crippen LogP contribution in [0.2, 0.25) is 0 Å². The summed E-state index contributed by atoms with van der Waals surface area (Å²) < 4.78 is 0. The van der Waals surface area contributed by atoms with Crippen LogP contribution in [0.25, 0.3) is 33.1 Å². The van der Waals surface area contributed by atoms with Gasteiger partial charge in [-0.3, -0.25) is 9.98 Å². The molecule has 0 atom stereocenters. The van der Waals surface area contributed by atoms with Crippen molar-refractivity contribution in [1.82, 2.24) is 9.97 Å². The zero-order chi connectivity index (χ0) is 15.9. The number of nitrogens with zero attached hydrogens (tertiary/aromatic N) is 3. The number of aliphatic imine (C=N–C) groups is 1. The first-order valence-corrected chi connectivity index (χ1v) is 8.20. The lowest BCUT2D eigenvalue weighted by Crippen LogP contribution is -1.99. The molecule has 114 valence electrons. The van der Waals surface area contributed by atoms with Gasteiger partial charge in [0.15, 0.2) is 0 Å². The van der Waals surface area contributed by atoms with Gasteiger partial charge < -0.3 is 0 Å². The summed E-state index contributed by atoms with van der Waals surface area (Å²) in [6.45, 7) is 0. The maximum Gasteiger partial charge on any atom is 0.0968 e. The second kappa shape index (κ2) is 5.24. The van der Waals surface area contributed by atoms with E-state index in [0.717, 1.165) is 51.6 Å². The Kier molecular flexibility index (Phi) is 2.92. The third-order valence-corrected chi connectivity index (χ3v) is 4.60. The molecule has 0 aliphatic carbocycles. The first kappa shape index (κ1) is 13.4. The Hall–Kier alpha value is -3.07. The van der Waals surface area contributed by atoms with Crippen molar-refractivity contribution in [1.29, 1.82) is 0 Å². The molecule has 3 nitrogen and oxygen atoms in total. The van der Waals surface area contributed by atoms with Crippen molar-refractivity contribution in [3.8, 4) is 11.3 Å². The van der Waals surface area contributed by atoms with Gasteiger partial charge in [-0.15, -0.1) is 0 Å². The van der Waals surface area contributed by atoms with Gasteiger partial charge in [0.25, 0.3) is 0 Å². The summed E-state index contributed by atoms with van der Waals surface area (Å²) in [5.41, 5.74) is 6.38. The lowest BCUT2D eigenvalue weighted by atomic mass is 9.96. The van der Waals surface area contributed by atoms with E-state index in [2.05, 4.69) is 40.3 Å². The molecular weight excluding hydrogens is 294 g/mol. The zero-order valence-corrected chi connectivity index (χ0v) is 13.1. The monoisotopic (exact) mass is 309 g/mol. The summed E-state index contributed by atoms with van der Waals surface area (Å²) in [4.78, 5) is 14.2. The molecule has 0 bridgehead atoms. The molecule has 3 heteroatoms. The van der Waals surface area contributed by atoms with Crippen molar-refractivity contribution in [3.63, 3.8) is 0 Å². The molecule has 0 N–H and O–H groups in total. The smallest absolute Gasteiger partial charge is 0.0968 e. The minimum absolute atomic E-state index is 0.956. The maximum absolute atomic E-state index is 5.01. The Bertz CT molecular complexity index is 1100. The normalized spacial score (nSPS) is 13.3. The van der Waals surface area contributed by atoms with Crippen LogP contribution in [-0.2, 0) is 6.42 Å². The molecule has 0 radical (unpaired) electrons. The van der Waals surface area contributed by atoms with Gasteiger partial charge in [-0.1, -0.05) is 36.4 Å². The Balaban J connectivity index is 1.90. The van der Waals surface area contributed by atoms with Gasteiger partial charge in [0.05, 0.1) is 22.4 Å². The van der Waals surface area contributed by atoms with Crippen LogP contribution in [0.3, 0.4) is 0 Å². The maximum atomic E-state index is 5.01. The fourth-order valence-corrected chi connectivity index (χ4v) is 3.48. The molecule has 0 spiro atoms. The molecule has 24 heavy (non-hydrogen) atoms. The third kappa shape index (κ3) is 1.95. The number of benzene rings is 2. The van der Waals surface area contributed by atoms with Crippen LogP contribution < -0.4 is 0 Å². The molecule has 2 aromatic heterocycles. The summed E-state index contributed by atoms with van der Waals surface area (Å²) in [6, 6.07) is 18.7. The number of rotatable bonds is 1. The van der Waals surface area contributed by atoms with E-state index < -0.39 is 0 Å². The van der Waals surface area contributed by atoms with Gasteiger partial charge in [0.2, 0.25) is 0 Å². The molecule has 0 unspecified atom stereocenters. The van der Waals surface area contributed by atoms with E-state index in [4.69, 9.17) is 4.98 Å². The van der Waals surface area contributed by atoms with Crippen LogP contribution in [0.1, 0.15) is 12.0 Å². The Labute approximate surface area is 139 Å². The van der Waals surface area contributed by atoms with Gasteiger partial charge in [-0.25, -0.2) is 4.98 Å². The van der Waals surface area contributed by atoms with Crippen LogP contribution in [0.5, 0.6) is 0 Å². The van der Waals surface area contributed by atoms with Crippen LogP contribution in [0.15, 0.2) is 65.8 Å². The van der Waals surface area contributed by atoms with Crippen molar-refractivity contribution >= 4 is 33.7 Å². The summed E-state index contributed by atoms with van der Waals surface area (Å²) in [7, 11) is 0. The van der Waals surface area contributed by atoms with Crippen LogP contribution >= 0.6 is 0 Å². The number of hydrogen-bond acceptors (Lipinski definition) is 3. The van der Waals surface area contributed by atoms with Crippen LogP contribution in [0.4, 0.5) is 5.69 Å². The highest BCUT2D eigenvalue weighted by Crippen LogP contribution is 2.39. The highest BCUT2D eigenvalue weighted by molar-refractivity contribution is 6.12. The highest BCUT2D eigenvalue weighted by atomic mass is 14.8. The van der Waals surface area contributed by atoms with E-state index in [-0.39, 0.29) is 0 Å². The fourth-order valence-electron chi connectivity index (χ4n) is 3.48. The fraction of sp³-hybridized carbons (Fsp3) is 0.0952. The Morgan fingerprint density at radius 3 is 2.58 bits per heavy atom. The highest BCUT2D eigenvalue weighted by Gasteiger charge is 2.18. The molecule has 1 aliphatic rings. The number of pyridine rings is 2. The largest absolute Gasteiger partial charge is 0.259 e. The minimum Gasteiger partial charge on any atom is -0.259 e. The number of fused-ring (bicyclic) bond motifs is 6. The molecule has 2 aromatic carbocycles. The summed E-state index contributed by atoms with van der Waals surface area (Å²) in [5, 5.41) is 2.28. The Morgan fingerprint density at radius 1 is 0.792 bits per heavy atom. The molecule has 0 fully saturated rings. The van der Waals surface area contributed by atoms with Gasteiger partial charge >= 0.3 is 0 Å². The van der Waals surface area contributed by atoms with Gasteiger partial charge in [-0.05, 0) is 31.0 Å². The number of aryl methyl sites for hydroxylation is 1. The summed E-state index contributed by atoms with van der Waals surface area (Å²) in [5.74, 6) is 0. The van der Waals surface area contributed by atoms with Crippen molar-refractivity contribution in [2.24, 2.45) is 4.99 Å². The van der Waals surface area contributed by atoms with Crippen LogP contribution in [-0.4, -0.2) is 16.2 Å². The average molecular weight is 309 g/mol. The number of hydrogen-bond donors (Lipinski definition) is 0. The lowest BCUT2D eigenvalue weighted by molar-refractivity contribution is 1.04. The standard InChI is InChI=1S/C21H15N3/c1-2-6-14(7-3-1)18-11-10-16-15-8-4-12-22-20(15)21-17(19(16)24-18)9-5-13-23-21/h1-4,6-8,10-13H,5,9H2. The lowest BCUT2D eigenvalue weighted by Gasteiger charge is -2.16. The second-order valence-corrected chi connectivity index (χ2v) is 6.04. The first-order valence-electron chi connectivity index (χ1n) is 8.20. The van der Waals surface area contributed by atoms with Gasteiger partial charge in [0, 0.05) is 34.3 Å². The SMILES string of the molecule is C1=Nc2c(c3nc(-c4ccccc4)ccc3c3cccnc23)CC1. The van der Waals surface area contributed by atoms with Crippen molar-refractivity contribution in [3.05, 3.63) is 66.4 Å². The topological polar surface area (TPSA) is 38.1 Å². The second-order valence-electron chi connectivity index (χ2n) is 6.04. The first-order chi connectivity index (χ1) is 11.9. The molecular formula is C21H15N3. The van der Waals surface area contributed by atoms with E-state index in [0.29, 0.717) is 0 Å². The minimum atomic E-state index is 0.956. The van der Waals surface area contributed by atoms with Crippen molar-refractivity contribution < 1.29 is 0 Å². The summed E-state index contributed by atoms with van der Waals surface area (Å²) in [6.07, 6.45) is 5.75. The van der Waals surface area contributed by atoms with E-state index in [9.17, 15) is 0 Å². The zero-order valence-electron chi connectivity index (χ0n) is 13.1. The van der Waals surface area contributed by atoms with E-state index in [1.807, 2.05) is 36.7 Å². The van der Waals surface area contributed by atoms with E-state index >= 15 is 0 Å². The summed E-state index contributed by atoms with van der Waals surface area (Å²) >= 11 is 0. The molecule has 5 rings (SSSR count). The molecule has 0 saturated heterocycles. The van der Waals surface area contributed by atoms with E-state index in [1.54, 1.807) is 0 Å². The quantitative estimate of drug-likeness (QED) is 0.459. The molecule has 4 aromatic rings. The molecule has 0 saturated carbocycles. The van der Waals surface area contributed by atoms with Crippen LogP contribution in [0, 0.1) is 0 Å². The van der Waals surface area contributed by atoms with E-state index in [1.165, 1.54) is 5.56 Å². The predicted molar refractivity (Wildman–Crippen MR) is 99.0 cm³/mol. The molecule has 0 amide bonds. The van der Waals surface area contributed by atoms with Gasteiger partial charge in [0.1, 0.15) is 0 Å². The van der Waals surface area contributed by atoms with Crippen molar-refractivity contribution in [2.75, 3.05) is 0 Å². The Morgan fingerprint density at radius 2 is 1.67 bits per heavy atom. The third-order valence-electron chi connectivity index (χ3n) is 4.60. The predicted octanol–water partition coefficient (Wildman–Crippen LogP) is 5.10. The molecule has 3 heterocycles. The molecule has 1 aliphatic heterocycles. The van der Waals surface area contributed by atoms with Gasteiger partial charge in [-0.2, -0.15) is 0 Å². The van der Waals surface area contributed by atoms with Crippen molar-refractivity contribution in [2.45, 2.75) is 12.8 Å².